The van der Waals surface area contributed by atoms with Crippen LogP contribution < -0.4 is 0 Å². The van der Waals surface area contributed by atoms with E-state index >= 15 is 0 Å². The number of benzene rings is 5. The van der Waals surface area contributed by atoms with Crippen molar-refractivity contribution in [1.82, 2.24) is 0 Å². The second-order valence-corrected chi connectivity index (χ2v) is 10.0. The van der Waals surface area contributed by atoms with Gasteiger partial charge in [-0.25, -0.2) is 0 Å². The van der Waals surface area contributed by atoms with Crippen LogP contribution in [0.2, 0.25) is 0 Å². The minimum Gasteiger partial charge on any atom is -0.456 e. The highest BCUT2D eigenvalue weighted by Crippen LogP contribution is 2.51. The molecule has 0 atom stereocenters. The molecule has 0 bridgehead atoms. The molecule has 148 valence electrons. The summed E-state index contributed by atoms with van der Waals surface area (Å²) in [5, 5.41) is 4.95. The summed E-state index contributed by atoms with van der Waals surface area (Å²) >= 11 is 3.66. The summed E-state index contributed by atoms with van der Waals surface area (Å²) in [6.45, 7) is 4.66. The SMILES string of the molecule is CC1(C)c2cc(Br)ccc2-c2ccc(-c3ccc4oc5cccc6ccc3c4c65)cc21. The Hall–Kier alpha value is -3.10. The normalized spacial score (nSPS) is 14.5. The predicted octanol–water partition coefficient (Wildman–Crippen LogP) is 8.91. The Morgan fingerprint density at radius 2 is 1.42 bits per heavy atom. The van der Waals surface area contributed by atoms with E-state index in [1.807, 2.05) is 0 Å². The fourth-order valence-electron chi connectivity index (χ4n) is 5.58. The van der Waals surface area contributed by atoms with Gasteiger partial charge in [0.05, 0.1) is 0 Å². The third kappa shape index (κ3) is 2.21. The number of rotatable bonds is 1. The first-order valence-electron chi connectivity index (χ1n) is 10.6. The lowest BCUT2D eigenvalue weighted by molar-refractivity contribution is 0.660. The zero-order valence-corrected chi connectivity index (χ0v) is 18.9. The van der Waals surface area contributed by atoms with Crippen molar-refractivity contribution >= 4 is 48.6 Å². The number of hydrogen-bond acceptors (Lipinski definition) is 1. The van der Waals surface area contributed by atoms with Crippen molar-refractivity contribution in [2.24, 2.45) is 0 Å². The fraction of sp³-hybridized carbons (Fsp3) is 0.103. The summed E-state index contributed by atoms with van der Waals surface area (Å²) in [4.78, 5) is 0. The maximum Gasteiger partial charge on any atom is 0.136 e. The van der Waals surface area contributed by atoms with Gasteiger partial charge in [0.25, 0.3) is 0 Å². The standard InChI is InChI=1S/C29H19BrO/c1-29(2)23-14-17(7-9-20(23)21-11-8-18(30)15-24(21)29)19-12-13-26-28-22(19)10-6-16-4-3-5-25(31-26)27(16)28/h3-15H,1-2H3. The summed E-state index contributed by atoms with van der Waals surface area (Å²) in [5.41, 5.74) is 9.88. The van der Waals surface area contributed by atoms with Crippen LogP contribution in [-0.2, 0) is 5.41 Å². The van der Waals surface area contributed by atoms with E-state index in [0.29, 0.717) is 0 Å². The van der Waals surface area contributed by atoms with Gasteiger partial charge in [-0.2, -0.15) is 0 Å². The van der Waals surface area contributed by atoms with Crippen LogP contribution >= 0.6 is 15.9 Å². The topological polar surface area (TPSA) is 13.1 Å². The molecule has 0 amide bonds. The third-order valence-electron chi connectivity index (χ3n) is 7.11. The molecule has 1 nitrogen and oxygen atoms in total. The van der Waals surface area contributed by atoms with E-state index in [2.05, 4.69) is 109 Å². The highest BCUT2D eigenvalue weighted by atomic mass is 79.9. The average molecular weight is 463 g/mol. The predicted molar refractivity (Wildman–Crippen MR) is 133 cm³/mol. The van der Waals surface area contributed by atoms with Gasteiger partial charge in [-0.1, -0.05) is 78.3 Å². The van der Waals surface area contributed by atoms with Gasteiger partial charge in [0, 0.05) is 20.7 Å². The molecular formula is C29H19BrO. The van der Waals surface area contributed by atoms with Crippen LogP contribution in [0.25, 0.3) is 55.0 Å². The first-order chi connectivity index (χ1) is 15.0. The first kappa shape index (κ1) is 17.6. The van der Waals surface area contributed by atoms with Gasteiger partial charge in [0.15, 0.2) is 0 Å². The van der Waals surface area contributed by atoms with Gasteiger partial charge in [-0.05, 0) is 74.5 Å². The third-order valence-corrected chi connectivity index (χ3v) is 7.61. The quantitative estimate of drug-likeness (QED) is 0.222. The zero-order valence-electron chi connectivity index (χ0n) is 17.3. The van der Waals surface area contributed by atoms with Gasteiger partial charge in [-0.15, -0.1) is 0 Å². The fourth-order valence-corrected chi connectivity index (χ4v) is 5.94. The lowest BCUT2D eigenvalue weighted by Gasteiger charge is -2.22. The van der Waals surface area contributed by atoms with Crippen LogP contribution in [0.15, 0.2) is 87.8 Å². The van der Waals surface area contributed by atoms with E-state index in [-0.39, 0.29) is 5.41 Å². The summed E-state index contributed by atoms with van der Waals surface area (Å²) in [6, 6.07) is 28.7. The van der Waals surface area contributed by atoms with Crippen molar-refractivity contribution in [2.75, 3.05) is 0 Å². The number of halogens is 1. The Kier molecular flexibility index (Phi) is 3.27. The second-order valence-electron chi connectivity index (χ2n) is 9.13. The Morgan fingerprint density at radius 1 is 0.677 bits per heavy atom. The molecule has 6 aromatic rings. The molecule has 31 heavy (non-hydrogen) atoms. The average Bonchev–Trinajstić information content (AvgIpc) is 3.26. The molecule has 0 unspecified atom stereocenters. The van der Waals surface area contributed by atoms with Crippen molar-refractivity contribution in [3.8, 4) is 22.3 Å². The van der Waals surface area contributed by atoms with Crippen LogP contribution in [0.5, 0.6) is 0 Å². The molecule has 1 aliphatic carbocycles. The molecule has 0 radical (unpaired) electrons. The van der Waals surface area contributed by atoms with Crippen molar-refractivity contribution in [2.45, 2.75) is 19.3 Å². The smallest absolute Gasteiger partial charge is 0.136 e. The van der Waals surface area contributed by atoms with Crippen molar-refractivity contribution in [3.63, 3.8) is 0 Å². The number of fused-ring (bicyclic) bond motifs is 3. The molecular weight excluding hydrogens is 444 g/mol. The van der Waals surface area contributed by atoms with E-state index in [1.54, 1.807) is 0 Å². The van der Waals surface area contributed by atoms with Gasteiger partial charge in [0.1, 0.15) is 11.2 Å². The summed E-state index contributed by atoms with van der Waals surface area (Å²) in [7, 11) is 0. The number of furan rings is 1. The molecule has 0 saturated heterocycles. The number of hydrogen-bond donors (Lipinski definition) is 0. The molecule has 7 rings (SSSR count). The Morgan fingerprint density at radius 3 is 2.29 bits per heavy atom. The lowest BCUT2D eigenvalue weighted by atomic mass is 9.81. The molecule has 1 aromatic heterocycles. The second kappa shape index (κ2) is 5.77. The molecule has 5 aromatic carbocycles. The van der Waals surface area contributed by atoms with Crippen LogP contribution in [0, 0.1) is 0 Å². The summed E-state index contributed by atoms with van der Waals surface area (Å²) in [5.74, 6) is 0. The molecule has 2 heteroatoms. The molecule has 0 saturated carbocycles. The van der Waals surface area contributed by atoms with E-state index in [9.17, 15) is 0 Å². The Balaban J connectivity index is 1.50. The van der Waals surface area contributed by atoms with E-state index in [0.717, 1.165) is 15.6 Å². The van der Waals surface area contributed by atoms with Gasteiger partial charge >= 0.3 is 0 Å². The highest BCUT2D eigenvalue weighted by molar-refractivity contribution is 9.10. The van der Waals surface area contributed by atoms with E-state index in [1.165, 1.54) is 54.9 Å². The van der Waals surface area contributed by atoms with Crippen molar-refractivity contribution < 1.29 is 4.42 Å². The minimum atomic E-state index is -0.0306. The van der Waals surface area contributed by atoms with Gasteiger partial charge in [0.2, 0.25) is 0 Å². The minimum absolute atomic E-state index is 0.0306. The van der Waals surface area contributed by atoms with E-state index < -0.39 is 0 Å². The van der Waals surface area contributed by atoms with Crippen molar-refractivity contribution in [3.05, 3.63) is 94.5 Å². The first-order valence-corrected chi connectivity index (χ1v) is 11.4. The summed E-state index contributed by atoms with van der Waals surface area (Å²) < 4.78 is 7.30. The molecule has 1 aliphatic rings. The van der Waals surface area contributed by atoms with Gasteiger partial charge in [-0.3, -0.25) is 0 Å². The van der Waals surface area contributed by atoms with Crippen LogP contribution in [0.1, 0.15) is 25.0 Å². The van der Waals surface area contributed by atoms with Crippen LogP contribution in [0.4, 0.5) is 0 Å². The molecule has 1 heterocycles. The molecule has 0 aliphatic heterocycles. The van der Waals surface area contributed by atoms with E-state index in [4.69, 9.17) is 4.42 Å². The highest BCUT2D eigenvalue weighted by Gasteiger charge is 2.35. The molecule has 0 N–H and O–H groups in total. The largest absolute Gasteiger partial charge is 0.456 e. The monoisotopic (exact) mass is 462 g/mol. The van der Waals surface area contributed by atoms with Gasteiger partial charge < -0.3 is 4.42 Å². The Bertz CT molecular complexity index is 1670. The van der Waals surface area contributed by atoms with Crippen molar-refractivity contribution in [1.29, 1.82) is 0 Å². The molecule has 0 fully saturated rings. The van der Waals surface area contributed by atoms with Crippen LogP contribution in [0.3, 0.4) is 0 Å². The van der Waals surface area contributed by atoms with Crippen LogP contribution in [-0.4, -0.2) is 0 Å². The Labute approximate surface area is 188 Å². The molecule has 0 spiro atoms. The zero-order chi connectivity index (χ0) is 20.9. The lowest BCUT2D eigenvalue weighted by Crippen LogP contribution is -2.15. The maximum atomic E-state index is 6.16. The summed E-state index contributed by atoms with van der Waals surface area (Å²) in [6.07, 6.45) is 0. The maximum absolute atomic E-state index is 6.16.